The van der Waals surface area contributed by atoms with Gasteiger partial charge in [-0.25, -0.2) is 0 Å². The van der Waals surface area contributed by atoms with Crippen molar-refractivity contribution in [1.82, 2.24) is 0 Å². The number of rotatable bonds is 4. The summed E-state index contributed by atoms with van der Waals surface area (Å²) in [7, 11) is 0. The Morgan fingerprint density at radius 1 is 1.10 bits per heavy atom. The number of aliphatic hydroxyl groups excluding tert-OH is 1. The van der Waals surface area contributed by atoms with Crippen molar-refractivity contribution in [3.63, 3.8) is 0 Å². The summed E-state index contributed by atoms with van der Waals surface area (Å²) in [6.45, 7) is 27.3. The van der Waals surface area contributed by atoms with Crippen LogP contribution in [0.2, 0.25) is 0 Å². The summed E-state index contributed by atoms with van der Waals surface area (Å²) in [5, 5.41) is 33.6. The summed E-state index contributed by atoms with van der Waals surface area (Å²) in [4.78, 5) is 24.7. The molecule has 2 aliphatic rings. The van der Waals surface area contributed by atoms with Crippen LogP contribution in [0.4, 0.5) is 0 Å². The van der Waals surface area contributed by atoms with Crippen LogP contribution in [0.25, 0.3) is 0 Å². The molecular formula is C31H56N2O7. The highest BCUT2D eigenvalue weighted by atomic mass is 16.7. The summed E-state index contributed by atoms with van der Waals surface area (Å²) >= 11 is 0. The van der Waals surface area contributed by atoms with Crippen LogP contribution in [0.5, 0.6) is 0 Å². The van der Waals surface area contributed by atoms with Crippen LogP contribution in [-0.2, 0) is 19.0 Å². The van der Waals surface area contributed by atoms with Gasteiger partial charge >= 0.3 is 5.97 Å². The quantitative estimate of drug-likeness (QED) is 0.204. The Morgan fingerprint density at radius 3 is 2.17 bits per heavy atom. The molecule has 0 aromatic rings. The predicted molar refractivity (Wildman–Crippen MR) is 160 cm³/mol. The Balaban J connectivity index is 0.00000363. The molecule has 0 aromatic carbocycles. The second-order valence-corrected chi connectivity index (χ2v) is 12.0. The molecule has 2 aliphatic heterocycles. The van der Waals surface area contributed by atoms with Crippen molar-refractivity contribution in [1.29, 1.82) is 5.41 Å². The zero-order valence-electron chi connectivity index (χ0n) is 26.4. The van der Waals surface area contributed by atoms with E-state index in [0.717, 1.165) is 6.42 Å². The number of aliphatic hydroxyl groups is 2. The second kappa shape index (κ2) is 17.1. The molecule has 9 heteroatoms. The Labute approximate surface area is 242 Å². The van der Waals surface area contributed by atoms with Crippen molar-refractivity contribution in [3.8, 4) is 0 Å². The molecule has 232 valence electrons. The van der Waals surface area contributed by atoms with E-state index in [1.807, 2.05) is 27.7 Å². The third-order valence-corrected chi connectivity index (χ3v) is 7.49. The molecule has 0 saturated carbocycles. The summed E-state index contributed by atoms with van der Waals surface area (Å²) in [6, 6.07) is -1.30. The van der Waals surface area contributed by atoms with Gasteiger partial charge in [-0.15, -0.1) is 13.2 Å². The van der Waals surface area contributed by atoms with Gasteiger partial charge in [0.1, 0.15) is 12.2 Å². The van der Waals surface area contributed by atoms with E-state index < -0.39 is 48.1 Å². The first-order valence-corrected chi connectivity index (χ1v) is 14.6. The van der Waals surface area contributed by atoms with Gasteiger partial charge in [0.05, 0.1) is 24.2 Å². The summed E-state index contributed by atoms with van der Waals surface area (Å²) in [5.74, 6) is -1.27. The normalized spacial score (nSPS) is 37.4. The number of hydrogen-bond acceptors (Lipinski definition) is 9. The molecule has 0 radical (unpaired) electrons. The minimum absolute atomic E-state index is 0.00738. The molecule has 2 rings (SSSR count). The smallest absolute Gasteiger partial charge is 0.308 e. The number of carbonyl (C=O) groups excluding carboxylic acids is 1. The van der Waals surface area contributed by atoms with Crippen LogP contribution in [-0.4, -0.2) is 64.2 Å². The lowest BCUT2D eigenvalue weighted by atomic mass is 9.79. The van der Waals surface area contributed by atoms with E-state index in [1.54, 1.807) is 20.8 Å². The Hall–Kier alpha value is -1.94. The Bertz CT molecular complexity index is 829. The number of cyclic esters (lactones) is 1. The van der Waals surface area contributed by atoms with Crippen molar-refractivity contribution >= 4 is 11.7 Å². The van der Waals surface area contributed by atoms with E-state index in [9.17, 15) is 19.9 Å². The van der Waals surface area contributed by atoms with Crippen LogP contribution in [0.3, 0.4) is 0 Å². The molecule has 2 fully saturated rings. The maximum Gasteiger partial charge on any atom is 0.308 e. The number of esters is 1. The lowest BCUT2D eigenvalue weighted by molar-refractivity contribution is -0.243. The monoisotopic (exact) mass is 568 g/mol. The minimum Gasteiger partial charge on any atom is -0.460 e. The average Bonchev–Trinajstić information content (AvgIpc) is 2.87. The number of nitrogens with one attached hydrogen (secondary N) is 1. The van der Waals surface area contributed by atoms with Crippen molar-refractivity contribution < 1.29 is 29.2 Å². The highest BCUT2D eigenvalue weighted by molar-refractivity contribution is 5.99. The molecule has 0 aromatic heterocycles. The fourth-order valence-corrected chi connectivity index (χ4v) is 5.78. The van der Waals surface area contributed by atoms with Crippen LogP contribution in [0.15, 0.2) is 30.5 Å². The average molecular weight is 569 g/mol. The van der Waals surface area contributed by atoms with Crippen LogP contribution >= 0.6 is 0 Å². The SMILES string of the molecule is C=C.C=C1C(=N)[C@H](C)C[C@@](C)(O)C[C@@H](C)[C@H](O[C@H]2CC(C)(C)CC(C)O2)CC(=O)O[C@H](CC)C(N=O)C1O.CC. The molecule has 9 nitrogen and oxygen atoms in total. The second-order valence-electron chi connectivity index (χ2n) is 12.0. The van der Waals surface area contributed by atoms with E-state index in [4.69, 9.17) is 19.6 Å². The molecule has 2 saturated heterocycles. The Morgan fingerprint density at radius 2 is 1.68 bits per heavy atom. The predicted octanol–water partition coefficient (Wildman–Crippen LogP) is 6.35. The molecule has 0 amide bonds. The highest BCUT2D eigenvalue weighted by Gasteiger charge is 2.40. The van der Waals surface area contributed by atoms with Gasteiger partial charge in [-0.3, -0.25) is 4.79 Å². The third kappa shape index (κ3) is 11.5. The van der Waals surface area contributed by atoms with Gasteiger partial charge in [-0.2, -0.15) is 4.91 Å². The Kier molecular flexibility index (Phi) is 16.3. The van der Waals surface area contributed by atoms with E-state index >= 15 is 0 Å². The molecule has 3 unspecified atom stereocenters. The molecular weight excluding hydrogens is 512 g/mol. The molecule has 9 atom stereocenters. The molecule has 2 heterocycles. The van der Waals surface area contributed by atoms with Gasteiger partial charge in [-0.05, 0) is 56.4 Å². The highest BCUT2D eigenvalue weighted by Crippen LogP contribution is 2.38. The number of ether oxygens (including phenoxy) is 3. The van der Waals surface area contributed by atoms with E-state index in [2.05, 4.69) is 38.8 Å². The number of nitroso groups, excluding NO2 is 1. The number of carbonyl (C=O) groups is 1. The first-order valence-electron chi connectivity index (χ1n) is 14.6. The van der Waals surface area contributed by atoms with E-state index in [-0.39, 0.29) is 48.0 Å². The maximum atomic E-state index is 13.0. The largest absolute Gasteiger partial charge is 0.460 e. The number of hydrogen-bond donors (Lipinski definition) is 3. The zero-order chi connectivity index (χ0) is 31.4. The standard InChI is InChI=1S/C27H46N2O7.C2H6.C2H4/c1-9-19-24(29-33)25(31)18(5)23(28)16(3)12-27(8,32)11-15(2)20(10-21(30)35-19)36-22-14-26(6,7)13-17(4)34-22;2*1-2/h15-17,19-20,22,24-25,28,31-32H,5,9-14H2,1-4,6-8H3;1-2H3;1-2H2/t15-,16-,17?,19-,20-,22+,24?,25?,27+;;/m1../s1. The maximum absolute atomic E-state index is 13.0. The van der Waals surface area contributed by atoms with Crippen molar-refractivity contribution in [3.05, 3.63) is 30.2 Å². The number of nitrogens with zero attached hydrogens (tertiary/aromatic N) is 1. The van der Waals surface area contributed by atoms with Gasteiger partial charge in [0.2, 0.25) is 0 Å². The lowest BCUT2D eigenvalue weighted by Crippen LogP contribution is -2.45. The van der Waals surface area contributed by atoms with Gasteiger partial charge < -0.3 is 29.8 Å². The first-order chi connectivity index (χ1) is 18.6. The summed E-state index contributed by atoms with van der Waals surface area (Å²) in [6.07, 6.45) is -1.28. The van der Waals surface area contributed by atoms with Gasteiger partial charge in [0.15, 0.2) is 12.3 Å². The van der Waals surface area contributed by atoms with Gasteiger partial charge in [0, 0.05) is 18.1 Å². The molecule has 40 heavy (non-hydrogen) atoms. The van der Waals surface area contributed by atoms with Crippen molar-refractivity contribution in [2.24, 2.45) is 22.4 Å². The van der Waals surface area contributed by atoms with Crippen molar-refractivity contribution in [2.45, 2.75) is 143 Å². The summed E-state index contributed by atoms with van der Waals surface area (Å²) < 4.78 is 18.0. The fourth-order valence-electron chi connectivity index (χ4n) is 5.78. The van der Waals surface area contributed by atoms with Crippen LogP contribution < -0.4 is 0 Å². The molecule has 0 bridgehead atoms. The molecule has 3 N–H and O–H groups in total. The first kappa shape index (κ1) is 38.1. The zero-order valence-corrected chi connectivity index (χ0v) is 26.4. The van der Waals surface area contributed by atoms with Crippen molar-refractivity contribution in [2.75, 3.05) is 0 Å². The topological polar surface area (TPSA) is 138 Å². The minimum atomic E-state index is -1.48. The van der Waals surface area contributed by atoms with Crippen LogP contribution in [0, 0.1) is 27.6 Å². The lowest BCUT2D eigenvalue weighted by Gasteiger charge is -2.41. The molecule has 0 aliphatic carbocycles. The molecule has 0 spiro atoms. The fraction of sp³-hybridized carbons (Fsp3) is 0.806. The van der Waals surface area contributed by atoms with Crippen LogP contribution in [0.1, 0.15) is 101 Å². The van der Waals surface area contributed by atoms with Gasteiger partial charge in [-0.1, -0.05) is 60.2 Å². The van der Waals surface area contributed by atoms with E-state index in [1.165, 1.54) is 0 Å². The third-order valence-electron chi connectivity index (χ3n) is 7.49. The summed E-state index contributed by atoms with van der Waals surface area (Å²) in [5.41, 5.74) is -1.10. The van der Waals surface area contributed by atoms with E-state index in [0.29, 0.717) is 12.8 Å². The van der Waals surface area contributed by atoms with Gasteiger partial charge in [0.25, 0.3) is 0 Å².